The van der Waals surface area contributed by atoms with Gasteiger partial charge in [0.05, 0.1) is 13.2 Å². The van der Waals surface area contributed by atoms with Crippen LogP contribution in [0.1, 0.15) is 36.8 Å². The first kappa shape index (κ1) is 23.2. The fourth-order valence-corrected chi connectivity index (χ4v) is 3.02. The van der Waals surface area contributed by atoms with Crippen LogP contribution in [0.2, 0.25) is 0 Å². The fourth-order valence-electron chi connectivity index (χ4n) is 3.02. The molecule has 158 valence electrons. The third-order valence-electron chi connectivity index (χ3n) is 4.88. The number of aliphatic imine (C=N–C) groups is 1. The fraction of sp³-hybridized carbons (Fsp3) is 0.667. The molecule has 1 aromatic rings. The summed E-state index contributed by atoms with van der Waals surface area (Å²) in [7, 11) is 1.79. The molecule has 1 atom stereocenters. The van der Waals surface area contributed by atoms with E-state index >= 15 is 0 Å². The highest BCUT2D eigenvalue weighted by atomic mass is 127. The summed E-state index contributed by atoms with van der Waals surface area (Å²) in [5.41, 5.74) is 2.32. The van der Waals surface area contributed by atoms with Crippen molar-refractivity contribution in [2.75, 3.05) is 40.0 Å². The van der Waals surface area contributed by atoms with Gasteiger partial charge in [-0.15, -0.1) is 24.0 Å². The number of ether oxygens (including phenoxy) is 3. The van der Waals surface area contributed by atoms with Gasteiger partial charge in [-0.1, -0.05) is 12.1 Å². The first-order valence-corrected chi connectivity index (χ1v) is 10.1. The minimum atomic E-state index is 0. The molecule has 1 aromatic carbocycles. The Morgan fingerprint density at radius 3 is 2.82 bits per heavy atom. The monoisotopic (exact) mass is 503 g/mol. The molecule has 1 unspecified atom stereocenters. The summed E-state index contributed by atoms with van der Waals surface area (Å²) in [6, 6.07) is 6.33. The molecule has 6 nitrogen and oxygen atoms in total. The average molecular weight is 503 g/mol. The number of benzene rings is 1. The number of hydrogen-bond donors (Lipinski definition) is 2. The average Bonchev–Trinajstić information content (AvgIpc) is 3.36. The number of nitrogens with one attached hydrogen (secondary N) is 2. The highest BCUT2D eigenvalue weighted by Crippen LogP contribution is 2.28. The minimum Gasteiger partial charge on any atom is -0.488 e. The first-order chi connectivity index (χ1) is 13.2. The summed E-state index contributed by atoms with van der Waals surface area (Å²) in [4.78, 5) is 4.30. The van der Waals surface area contributed by atoms with Crippen LogP contribution in [0.25, 0.3) is 0 Å². The maximum Gasteiger partial charge on any atom is 0.191 e. The first-order valence-electron chi connectivity index (χ1n) is 10.1. The summed E-state index contributed by atoms with van der Waals surface area (Å²) >= 11 is 0. The van der Waals surface area contributed by atoms with Gasteiger partial charge in [-0.25, -0.2) is 0 Å². The van der Waals surface area contributed by atoms with E-state index in [4.69, 9.17) is 14.2 Å². The van der Waals surface area contributed by atoms with E-state index in [0.717, 1.165) is 62.4 Å². The van der Waals surface area contributed by atoms with Gasteiger partial charge in [0.1, 0.15) is 11.9 Å². The van der Waals surface area contributed by atoms with Gasteiger partial charge in [0, 0.05) is 45.3 Å². The maximum absolute atomic E-state index is 6.16. The van der Waals surface area contributed by atoms with Gasteiger partial charge in [0.15, 0.2) is 5.96 Å². The predicted molar refractivity (Wildman–Crippen MR) is 123 cm³/mol. The Hall–Kier alpha value is -1.06. The molecule has 0 radical (unpaired) electrons. The van der Waals surface area contributed by atoms with Crippen LogP contribution in [-0.4, -0.2) is 52.1 Å². The molecular formula is C21H34IN3O3. The second-order valence-corrected chi connectivity index (χ2v) is 7.44. The molecule has 28 heavy (non-hydrogen) atoms. The Balaban J connectivity index is 0.00000280. The molecule has 0 bridgehead atoms. The molecule has 2 aliphatic rings. The topological polar surface area (TPSA) is 64.1 Å². The zero-order valence-corrected chi connectivity index (χ0v) is 19.4. The largest absolute Gasteiger partial charge is 0.488 e. The summed E-state index contributed by atoms with van der Waals surface area (Å²) in [6.07, 6.45) is 4.76. The normalized spacial score (nSPS) is 19.2. The number of nitrogens with zero attached hydrogens (tertiary/aromatic N) is 1. The lowest BCUT2D eigenvalue weighted by Crippen LogP contribution is -2.37. The zero-order valence-electron chi connectivity index (χ0n) is 17.0. The number of aryl methyl sites for hydroxylation is 1. The SMILES string of the molecule is CN=C(NCCCOCC1CC1)NCc1ccc(C)cc1OC1CCOC1.I. The van der Waals surface area contributed by atoms with Gasteiger partial charge in [-0.2, -0.15) is 0 Å². The van der Waals surface area contributed by atoms with Crippen molar-refractivity contribution < 1.29 is 14.2 Å². The maximum atomic E-state index is 6.16. The molecule has 0 amide bonds. The molecule has 1 saturated heterocycles. The molecule has 7 heteroatoms. The van der Waals surface area contributed by atoms with Gasteiger partial charge in [0.2, 0.25) is 0 Å². The second-order valence-electron chi connectivity index (χ2n) is 7.44. The molecule has 3 rings (SSSR count). The quantitative estimate of drug-likeness (QED) is 0.222. The highest BCUT2D eigenvalue weighted by molar-refractivity contribution is 14.0. The summed E-state index contributed by atoms with van der Waals surface area (Å²) in [5.74, 6) is 2.56. The second kappa shape index (κ2) is 12.5. The van der Waals surface area contributed by atoms with Crippen molar-refractivity contribution in [2.24, 2.45) is 10.9 Å². The Morgan fingerprint density at radius 1 is 1.25 bits per heavy atom. The highest BCUT2D eigenvalue weighted by Gasteiger charge is 2.21. The number of halogens is 1. The predicted octanol–water partition coefficient (Wildman–Crippen LogP) is 3.26. The Morgan fingerprint density at radius 2 is 2.11 bits per heavy atom. The van der Waals surface area contributed by atoms with Gasteiger partial charge in [-0.05, 0) is 43.7 Å². The van der Waals surface area contributed by atoms with Crippen LogP contribution in [-0.2, 0) is 16.0 Å². The number of guanidine groups is 1. The van der Waals surface area contributed by atoms with E-state index < -0.39 is 0 Å². The van der Waals surface area contributed by atoms with E-state index in [2.05, 4.69) is 40.7 Å². The Labute approximate surface area is 185 Å². The van der Waals surface area contributed by atoms with Crippen LogP contribution in [0.4, 0.5) is 0 Å². The number of rotatable bonds is 10. The molecule has 0 aromatic heterocycles. The van der Waals surface area contributed by atoms with Crippen LogP contribution < -0.4 is 15.4 Å². The van der Waals surface area contributed by atoms with Gasteiger partial charge in [-0.3, -0.25) is 4.99 Å². The minimum absolute atomic E-state index is 0. The lowest BCUT2D eigenvalue weighted by Gasteiger charge is -2.18. The summed E-state index contributed by atoms with van der Waals surface area (Å²) in [6.45, 7) is 6.79. The molecule has 1 saturated carbocycles. The van der Waals surface area contributed by atoms with E-state index in [1.54, 1.807) is 7.05 Å². The van der Waals surface area contributed by atoms with Crippen LogP contribution >= 0.6 is 24.0 Å². The molecular weight excluding hydrogens is 469 g/mol. The zero-order chi connectivity index (χ0) is 18.9. The lowest BCUT2D eigenvalue weighted by atomic mass is 10.1. The van der Waals surface area contributed by atoms with E-state index in [-0.39, 0.29) is 30.1 Å². The van der Waals surface area contributed by atoms with Gasteiger partial charge in [0.25, 0.3) is 0 Å². The molecule has 2 N–H and O–H groups in total. The smallest absolute Gasteiger partial charge is 0.191 e. The number of hydrogen-bond acceptors (Lipinski definition) is 4. The standard InChI is InChI=1S/C21H33N3O3.HI/c1-16-4-7-18(20(12-16)27-19-8-11-26-15-19)13-24-21(22-2)23-9-3-10-25-14-17-5-6-17;/h4,7,12,17,19H,3,5-6,8-11,13-15H2,1-2H3,(H2,22,23,24);1H. The lowest BCUT2D eigenvalue weighted by molar-refractivity contribution is 0.123. The molecule has 2 fully saturated rings. The van der Waals surface area contributed by atoms with Crippen LogP contribution in [0.3, 0.4) is 0 Å². The molecule has 1 aliphatic carbocycles. The molecule has 0 spiro atoms. The van der Waals surface area contributed by atoms with Crippen molar-refractivity contribution in [2.45, 2.75) is 45.3 Å². The van der Waals surface area contributed by atoms with E-state index in [1.807, 2.05) is 0 Å². The van der Waals surface area contributed by atoms with E-state index in [0.29, 0.717) is 13.2 Å². The summed E-state index contributed by atoms with van der Waals surface area (Å²) < 4.78 is 17.3. The third kappa shape index (κ3) is 8.13. The summed E-state index contributed by atoms with van der Waals surface area (Å²) in [5, 5.41) is 6.72. The van der Waals surface area contributed by atoms with Gasteiger partial charge >= 0.3 is 0 Å². The van der Waals surface area contributed by atoms with Crippen LogP contribution in [0.5, 0.6) is 5.75 Å². The van der Waals surface area contributed by atoms with Crippen molar-refractivity contribution in [3.63, 3.8) is 0 Å². The van der Waals surface area contributed by atoms with Crippen molar-refractivity contribution in [3.05, 3.63) is 29.3 Å². The van der Waals surface area contributed by atoms with Crippen LogP contribution in [0, 0.1) is 12.8 Å². The van der Waals surface area contributed by atoms with Crippen LogP contribution in [0.15, 0.2) is 23.2 Å². The van der Waals surface area contributed by atoms with Crippen molar-refractivity contribution >= 4 is 29.9 Å². The van der Waals surface area contributed by atoms with Crippen molar-refractivity contribution in [1.82, 2.24) is 10.6 Å². The Kier molecular flexibility index (Phi) is 10.4. The Bertz CT molecular complexity index is 617. The molecule has 1 heterocycles. The third-order valence-corrected chi connectivity index (χ3v) is 4.88. The molecule has 1 aliphatic heterocycles. The van der Waals surface area contributed by atoms with Crippen molar-refractivity contribution in [1.29, 1.82) is 0 Å². The van der Waals surface area contributed by atoms with Crippen molar-refractivity contribution in [3.8, 4) is 5.75 Å². The van der Waals surface area contributed by atoms with Gasteiger partial charge < -0.3 is 24.8 Å². The van der Waals surface area contributed by atoms with E-state index in [1.165, 1.54) is 18.4 Å². The van der Waals surface area contributed by atoms with E-state index in [9.17, 15) is 0 Å².